The van der Waals surface area contributed by atoms with Crippen LogP contribution in [-0.2, 0) is 0 Å². The lowest BCUT2D eigenvalue weighted by Gasteiger charge is -2.31. The van der Waals surface area contributed by atoms with E-state index in [0.29, 0.717) is 5.41 Å². The molecule has 0 heterocycles. The summed E-state index contributed by atoms with van der Waals surface area (Å²) >= 11 is 0. The van der Waals surface area contributed by atoms with Crippen LogP contribution in [0.4, 0.5) is 0 Å². The number of hydrogen-bond acceptors (Lipinski definition) is 0. The summed E-state index contributed by atoms with van der Waals surface area (Å²) < 4.78 is 0. The molecule has 0 nitrogen and oxygen atoms in total. The van der Waals surface area contributed by atoms with E-state index in [-0.39, 0.29) is 0 Å². The normalized spacial score (nSPS) is 34.2. The Labute approximate surface area is 80.6 Å². The molecule has 2 unspecified atom stereocenters. The van der Waals surface area contributed by atoms with E-state index in [0.717, 1.165) is 11.5 Å². The summed E-state index contributed by atoms with van der Waals surface area (Å²) in [4.78, 5) is 0. The fourth-order valence-electron chi connectivity index (χ4n) is 2.56. The maximum Gasteiger partial charge on any atom is 0.00742 e. The van der Waals surface area contributed by atoms with Gasteiger partial charge in [0, 0.05) is 10.2 Å². The van der Waals surface area contributed by atoms with Gasteiger partial charge in [-0.25, -0.2) is 0 Å². The zero-order valence-corrected chi connectivity index (χ0v) is 11.2. The van der Waals surface area contributed by atoms with Gasteiger partial charge in [-0.05, 0) is 29.7 Å². The largest absolute Gasteiger partial charge is 0.0654 e. The van der Waals surface area contributed by atoms with E-state index in [1.165, 1.54) is 42.3 Å². The third-order valence-electron chi connectivity index (χ3n) is 4.18. The zero-order valence-electron chi connectivity index (χ0n) is 9.19. The predicted octanol–water partition coefficient (Wildman–Crippen LogP) is 2.77. The Morgan fingerprint density at radius 1 is 1.33 bits per heavy atom. The summed E-state index contributed by atoms with van der Waals surface area (Å²) in [5.41, 5.74) is 1.76. The Bertz CT molecular complexity index is 140. The van der Waals surface area contributed by atoms with Gasteiger partial charge in [-0.2, -0.15) is 0 Å². The van der Waals surface area contributed by atoms with Crippen LogP contribution in [0, 0.1) is 11.3 Å². The Morgan fingerprint density at radius 2 is 2.00 bits per heavy atom. The van der Waals surface area contributed by atoms with Crippen molar-refractivity contribution < 1.29 is 0 Å². The second kappa shape index (κ2) is 3.95. The fourth-order valence-corrected chi connectivity index (χ4v) is 3.37. The first-order chi connectivity index (χ1) is 5.59. The summed E-state index contributed by atoms with van der Waals surface area (Å²) in [6, 6.07) is 0. The van der Waals surface area contributed by atoms with Gasteiger partial charge in [-0.3, -0.25) is 0 Å². The summed E-state index contributed by atoms with van der Waals surface area (Å²) in [5.74, 6) is 1.04. The molecule has 1 aliphatic rings. The van der Waals surface area contributed by atoms with Crippen molar-refractivity contribution in [2.75, 3.05) is 0 Å². The van der Waals surface area contributed by atoms with Crippen molar-refractivity contribution in [1.82, 2.24) is 0 Å². The lowest BCUT2D eigenvalue weighted by Crippen LogP contribution is -2.21. The Morgan fingerprint density at radius 3 is 2.42 bits per heavy atom. The first-order valence-corrected chi connectivity index (χ1v) is 6.74. The molecule has 0 aliphatic heterocycles. The van der Waals surface area contributed by atoms with Gasteiger partial charge in [-0.1, -0.05) is 40.0 Å². The molecule has 1 aliphatic carbocycles. The average molecular weight is 184 g/mol. The zero-order chi connectivity index (χ0) is 9.19. The Kier molecular flexibility index (Phi) is 3.39. The third kappa shape index (κ3) is 1.93. The van der Waals surface area contributed by atoms with Gasteiger partial charge in [0.25, 0.3) is 0 Å². The summed E-state index contributed by atoms with van der Waals surface area (Å²) in [6.45, 7) is 7.30. The molecule has 12 heavy (non-hydrogen) atoms. The molecular weight excluding hydrogens is 160 g/mol. The highest BCUT2D eigenvalue weighted by Crippen LogP contribution is 2.51. The minimum absolute atomic E-state index is 0.682. The van der Waals surface area contributed by atoms with Crippen LogP contribution in [0.25, 0.3) is 0 Å². The van der Waals surface area contributed by atoms with E-state index in [2.05, 4.69) is 20.8 Å². The van der Waals surface area contributed by atoms with Crippen LogP contribution in [-0.4, -0.2) is 10.2 Å². The van der Waals surface area contributed by atoms with Gasteiger partial charge >= 0.3 is 0 Å². The van der Waals surface area contributed by atoms with E-state index >= 15 is 0 Å². The highest BCUT2D eigenvalue weighted by molar-refractivity contribution is 6.12. The molecule has 1 heteroatoms. The Hall–Kier alpha value is 0.217. The quantitative estimate of drug-likeness (QED) is 0.592. The van der Waals surface area contributed by atoms with Crippen molar-refractivity contribution in [1.29, 1.82) is 0 Å². The fraction of sp³-hybridized carbons (Fsp3) is 1.00. The van der Waals surface area contributed by atoms with Crippen LogP contribution >= 0.6 is 0 Å². The van der Waals surface area contributed by atoms with Crippen LogP contribution in [0.2, 0.25) is 5.54 Å². The monoisotopic (exact) mass is 184 g/mol. The van der Waals surface area contributed by atoms with Crippen LogP contribution in [0.15, 0.2) is 0 Å². The first-order valence-electron chi connectivity index (χ1n) is 5.59. The van der Waals surface area contributed by atoms with E-state index in [9.17, 15) is 0 Å². The minimum atomic E-state index is 0.682. The molecule has 72 valence electrons. The van der Waals surface area contributed by atoms with Gasteiger partial charge in [0.15, 0.2) is 0 Å². The Balaban J connectivity index is 2.44. The molecule has 0 radical (unpaired) electrons. The first kappa shape index (κ1) is 10.3. The molecule has 0 aromatic rings. The van der Waals surface area contributed by atoms with E-state index in [1.54, 1.807) is 0 Å². The molecule has 0 saturated heterocycles. The third-order valence-corrected chi connectivity index (χ3v) is 6.24. The molecule has 1 fully saturated rings. The second-order valence-corrected chi connectivity index (χ2v) is 6.53. The van der Waals surface area contributed by atoms with Crippen molar-refractivity contribution in [2.24, 2.45) is 11.3 Å². The van der Waals surface area contributed by atoms with Crippen molar-refractivity contribution in [3.05, 3.63) is 0 Å². The van der Waals surface area contributed by atoms with Gasteiger partial charge in [0.05, 0.1) is 0 Å². The van der Waals surface area contributed by atoms with E-state index < -0.39 is 0 Å². The van der Waals surface area contributed by atoms with Crippen LogP contribution < -0.4 is 0 Å². The van der Waals surface area contributed by atoms with Crippen LogP contribution in [0.5, 0.6) is 0 Å². The lowest BCUT2D eigenvalue weighted by molar-refractivity contribution is 0.242. The summed E-state index contributed by atoms with van der Waals surface area (Å²) in [7, 11) is 1.41. The van der Waals surface area contributed by atoms with E-state index in [4.69, 9.17) is 0 Å². The van der Waals surface area contributed by atoms with Crippen molar-refractivity contribution in [2.45, 2.75) is 58.4 Å². The van der Waals surface area contributed by atoms with Crippen LogP contribution in [0.1, 0.15) is 52.9 Å². The molecule has 0 N–H and O–H groups in total. The SMILES string of the molecule is CCCCC1CCC([SiH3])C1(C)C. The predicted molar refractivity (Wildman–Crippen MR) is 59.7 cm³/mol. The van der Waals surface area contributed by atoms with Crippen molar-refractivity contribution >= 4 is 10.2 Å². The topological polar surface area (TPSA) is 0 Å². The molecule has 0 aromatic carbocycles. The molecule has 0 amide bonds. The van der Waals surface area contributed by atoms with E-state index in [1.807, 2.05) is 0 Å². The molecule has 0 spiro atoms. The molecule has 1 saturated carbocycles. The smallest absolute Gasteiger partial charge is 0.00742 e. The summed E-state index contributed by atoms with van der Waals surface area (Å²) in [5, 5.41) is 0. The minimum Gasteiger partial charge on any atom is -0.0654 e. The molecular formula is C11H24Si. The summed E-state index contributed by atoms with van der Waals surface area (Å²) in [6.07, 6.45) is 7.35. The standard InChI is InChI=1S/C11H24Si/c1-4-5-6-9-7-8-10(12)11(9,2)3/h9-10H,4-8H2,1-3,12H3. The second-order valence-electron chi connectivity index (χ2n) is 5.14. The maximum atomic E-state index is 2.50. The number of rotatable bonds is 3. The van der Waals surface area contributed by atoms with Gasteiger partial charge in [0.2, 0.25) is 0 Å². The van der Waals surface area contributed by atoms with Crippen molar-refractivity contribution in [3.8, 4) is 0 Å². The molecule has 0 bridgehead atoms. The van der Waals surface area contributed by atoms with Crippen LogP contribution in [0.3, 0.4) is 0 Å². The molecule has 2 atom stereocenters. The number of hydrogen-bond donors (Lipinski definition) is 0. The maximum absolute atomic E-state index is 2.50. The van der Waals surface area contributed by atoms with Gasteiger partial charge in [0.1, 0.15) is 0 Å². The highest BCUT2D eigenvalue weighted by atomic mass is 28.1. The van der Waals surface area contributed by atoms with Crippen molar-refractivity contribution in [3.63, 3.8) is 0 Å². The number of unbranched alkanes of at least 4 members (excludes halogenated alkanes) is 1. The average Bonchev–Trinajstić information content (AvgIpc) is 2.25. The van der Waals surface area contributed by atoms with Gasteiger partial charge in [-0.15, -0.1) is 0 Å². The lowest BCUT2D eigenvalue weighted by atomic mass is 9.79. The molecule has 0 aromatic heterocycles. The van der Waals surface area contributed by atoms with Gasteiger partial charge < -0.3 is 0 Å². The highest BCUT2D eigenvalue weighted by Gasteiger charge is 2.39. The molecule has 1 rings (SSSR count).